The first-order chi connectivity index (χ1) is 7.43. The largest absolute Gasteiger partial charge is 0.379 e. The number of piperidine rings is 1. The lowest BCUT2D eigenvalue weighted by Crippen LogP contribution is -2.28. The monoisotopic (exact) mass is 213 g/mol. The summed E-state index contributed by atoms with van der Waals surface area (Å²) in [7, 11) is 0. The summed E-state index contributed by atoms with van der Waals surface area (Å²) in [5, 5.41) is 3.37. The van der Waals surface area contributed by atoms with Crippen molar-refractivity contribution in [2.75, 3.05) is 39.5 Å². The first-order valence-corrected chi connectivity index (χ1v) is 5.90. The first kappa shape index (κ1) is 12.7. The molecule has 88 valence electrons. The number of rotatable bonds is 8. The van der Waals surface area contributed by atoms with Crippen LogP contribution in [0.2, 0.25) is 0 Å². The second-order valence-corrected chi connectivity index (χ2v) is 3.96. The SMILES string of the molecule is C=CCOCCOCCC1CCNCC1. The van der Waals surface area contributed by atoms with Crippen LogP contribution in [-0.4, -0.2) is 39.5 Å². The van der Waals surface area contributed by atoms with E-state index >= 15 is 0 Å². The molecule has 0 aromatic rings. The van der Waals surface area contributed by atoms with Crippen molar-refractivity contribution < 1.29 is 9.47 Å². The summed E-state index contributed by atoms with van der Waals surface area (Å²) in [5.74, 6) is 0.861. The molecule has 1 fully saturated rings. The van der Waals surface area contributed by atoms with Crippen molar-refractivity contribution in [3.8, 4) is 0 Å². The number of hydrogen-bond donors (Lipinski definition) is 1. The van der Waals surface area contributed by atoms with Crippen molar-refractivity contribution in [1.82, 2.24) is 5.32 Å². The Labute approximate surface area is 92.8 Å². The topological polar surface area (TPSA) is 30.5 Å². The van der Waals surface area contributed by atoms with Gasteiger partial charge in [0.1, 0.15) is 0 Å². The average Bonchev–Trinajstić information content (AvgIpc) is 2.29. The van der Waals surface area contributed by atoms with Crippen LogP contribution in [0.3, 0.4) is 0 Å². The van der Waals surface area contributed by atoms with Gasteiger partial charge in [-0.2, -0.15) is 0 Å². The summed E-state index contributed by atoms with van der Waals surface area (Å²) >= 11 is 0. The van der Waals surface area contributed by atoms with E-state index in [4.69, 9.17) is 9.47 Å². The molecule has 3 heteroatoms. The first-order valence-electron chi connectivity index (χ1n) is 5.90. The Morgan fingerprint density at radius 3 is 2.60 bits per heavy atom. The molecule has 0 aliphatic carbocycles. The number of nitrogens with one attached hydrogen (secondary N) is 1. The highest BCUT2D eigenvalue weighted by Gasteiger charge is 2.11. The van der Waals surface area contributed by atoms with Gasteiger partial charge in [0.05, 0.1) is 19.8 Å². The van der Waals surface area contributed by atoms with Gasteiger partial charge in [-0.1, -0.05) is 6.08 Å². The Bertz CT molecular complexity index is 156. The molecule has 0 atom stereocenters. The summed E-state index contributed by atoms with van der Waals surface area (Å²) in [6, 6.07) is 0. The lowest BCUT2D eigenvalue weighted by Gasteiger charge is -2.22. The fraction of sp³-hybridized carbons (Fsp3) is 0.833. The molecule has 1 rings (SSSR count). The van der Waals surface area contributed by atoms with E-state index in [9.17, 15) is 0 Å². The van der Waals surface area contributed by atoms with Crippen molar-refractivity contribution in [1.29, 1.82) is 0 Å². The molecule has 0 bridgehead atoms. The third kappa shape index (κ3) is 6.66. The molecule has 0 unspecified atom stereocenters. The Balaban J connectivity index is 1.81. The van der Waals surface area contributed by atoms with E-state index < -0.39 is 0 Å². The van der Waals surface area contributed by atoms with Crippen LogP contribution in [0.5, 0.6) is 0 Å². The van der Waals surface area contributed by atoms with Gasteiger partial charge in [-0.25, -0.2) is 0 Å². The van der Waals surface area contributed by atoms with Gasteiger partial charge >= 0.3 is 0 Å². The molecule has 1 aliphatic rings. The molecular weight excluding hydrogens is 190 g/mol. The third-order valence-corrected chi connectivity index (χ3v) is 2.74. The van der Waals surface area contributed by atoms with Gasteiger partial charge in [0, 0.05) is 6.61 Å². The third-order valence-electron chi connectivity index (χ3n) is 2.74. The number of ether oxygens (including phenoxy) is 2. The summed E-state index contributed by atoms with van der Waals surface area (Å²) in [6.07, 6.45) is 5.56. The van der Waals surface area contributed by atoms with Gasteiger partial charge in [0.25, 0.3) is 0 Å². The van der Waals surface area contributed by atoms with Crippen molar-refractivity contribution in [3.63, 3.8) is 0 Å². The molecule has 0 aromatic heterocycles. The molecule has 0 aromatic carbocycles. The molecular formula is C12H23NO2. The van der Waals surface area contributed by atoms with Crippen LogP contribution in [0.4, 0.5) is 0 Å². The summed E-state index contributed by atoms with van der Waals surface area (Å²) < 4.78 is 10.7. The minimum Gasteiger partial charge on any atom is -0.379 e. The van der Waals surface area contributed by atoms with Gasteiger partial charge in [0.15, 0.2) is 0 Å². The van der Waals surface area contributed by atoms with Gasteiger partial charge in [-0.15, -0.1) is 6.58 Å². The maximum atomic E-state index is 5.50. The molecule has 0 radical (unpaired) electrons. The van der Waals surface area contributed by atoms with Crippen LogP contribution >= 0.6 is 0 Å². The average molecular weight is 213 g/mol. The maximum Gasteiger partial charge on any atom is 0.0704 e. The molecule has 15 heavy (non-hydrogen) atoms. The molecule has 1 aliphatic heterocycles. The standard InChI is InChI=1S/C12H23NO2/c1-2-8-14-10-11-15-9-5-12-3-6-13-7-4-12/h2,12-13H,1,3-11H2. The zero-order valence-electron chi connectivity index (χ0n) is 9.54. The fourth-order valence-corrected chi connectivity index (χ4v) is 1.81. The Kier molecular flexibility index (Phi) is 7.52. The van der Waals surface area contributed by atoms with E-state index in [1.807, 2.05) is 0 Å². The van der Waals surface area contributed by atoms with Crippen LogP contribution in [0, 0.1) is 5.92 Å². The minimum atomic E-state index is 0.623. The molecule has 1 heterocycles. The maximum absolute atomic E-state index is 5.50. The highest BCUT2D eigenvalue weighted by atomic mass is 16.5. The molecule has 3 nitrogen and oxygen atoms in total. The smallest absolute Gasteiger partial charge is 0.0704 e. The quantitative estimate of drug-likeness (QED) is 0.490. The highest BCUT2D eigenvalue weighted by molar-refractivity contribution is 4.68. The van der Waals surface area contributed by atoms with Crippen LogP contribution in [0.25, 0.3) is 0 Å². The van der Waals surface area contributed by atoms with E-state index in [0.717, 1.165) is 12.5 Å². The number of hydrogen-bond acceptors (Lipinski definition) is 3. The van der Waals surface area contributed by atoms with Crippen LogP contribution in [0.1, 0.15) is 19.3 Å². The lowest BCUT2D eigenvalue weighted by molar-refractivity contribution is 0.0510. The lowest BCUT2D eigenvalue weighted by atomic mass is 9.95. The van der Waals surface area contributed by atoms with Gasteiger partial charge < -0.3 is 14.8 Å². The van der Waals surface area contributed by atoms with Crippen molar-refractivity contribution in [2.24, 2.45) is 5.92 Å². The van der Waals surface area contributed by atoms with E-state index in [1.54, 1.807) is 6.08 Å². The van der Waals surface area contributed by atoms with Gasteiger partial charge in [0.2, 0.25) is 0 Å². The molecule has 1 N–H and O–H groups in total. The van der Waals surface area contributed by atoms with E-state index in [-0.39, 0.29) is 0 Å². The zero-order valence-corrected chi connectivity index (χ0v) is 9.54. The second kappa shape index (κ2) is 8.89. The van der Waals surface area contributed by atoms with Crippen molar-refractivity contribution >= 4 is 0 Å². The van der Waals surface area contributed by atoms with Crippen molar-refractivity contribution in [2.45, 2.75) is 19.3 Å². The minimum absolute atomic E-state index is 0.623. The molecule has 1 saturated heterocycles. The molecule has 0 spiro atoms. The van der Waals surface area contributed by atoms with Crippen LogP contribution < -0.4 is 5.32 Å². The highest BCUT2D eigenvalue weighted by Crippen LogP contribution is 2.15. The van der Waals surface area contributed by atoms with Crippen molar-refractivity contribution in [3.05, 3.63) is 12.7 Å². The Morgan fingerprint density at radius 2 is 1.87 bits per heavy atom. The predicted molar refractivity (Wildman–Crippen MR) is 62.0 cm³/mol. The Hall–Kier alpha value is -0.380. The van der Waals surface area contributed by atoms with Crippen LogP contribution in [-0.2, 0) is 9.47 Å². The second-order valence-electron chi connectivity index (χ2n) is 3.96. The molecule has 0 amide bonds. The zero-order chi connectivity index (χ0) is 10.8. The van der Waals surface area contributed by atoms with Crippen LogP contribution in [0.15, 0.2) is 12.7 Å². The normalized spacial score (nSPS) is 17.9. The Morgan fingerprint density at radius 1 is 1.13 bits per heavy atom. The fourth-order valence-electron chi connectivity index (χ4n) is 1.81. The predicted octanol–water partition coefficient (Wildman–Crippen LogP) is 1.60. The molecule has 0 saturated carbocycles. The van der Waals surface area contributed by atoms with E-state index in [0.29, 0.717) is 19.8 Å². The van der Waals surface area contributed by atoms with E-state index in [2.05, 4.69) is 11.9 Å². The van der Waals surface area contributed by atoms with E-state index in [1.165, 1.54) is 32.4 Å². The van der Waals surface area contributed by atoms with Gasteiger partial charge in [-0.3, -0.25) is 0 Å². The summed E-state index contributed by atoms with van der Waals surface area (Å²) in [4.78, 5) is 0. The summed E-state index contributed by atoms with van der Waals surface area (Å²) in [5.41, 5.74) is 0. The summed E-state index contributed by atoms with van der Waals surface area (Å²) in [6.45, 7) is 8.82. The van der Waals surface area contributed by atoms with Gasteiger partial charge in [-0.05, 0) is 38.3 Å².